The van der Waals surface area contributed by atoms with Crippen LogP contribution in [0.4, 0.5) is 0 Å². The van der Waals surface area contributed by atoms with Gasteiger partial charge in [-0.15, -0.1) is 10.2 Å². The summed E-state index contributed by atoms with van der Waals surface area (Å²) in [6.45, 7) is 7.14. The lowest BCUT2D eigenvalue weighted by molar-refractivity contribution is 0.475. The molecule has 0 bridgehead atoms. The molecule has 0 aliphatic carbocycles. The summed E-state index contributed by atoms with van der Waals surface area (Å²) in [5, 5.41) is 15.9. The second-order valence-electron chi connectivity index (χ2n) is 6.51. The Morgan fingerprint density at radius 1 is 1.21 bits per heavy atom. The monoisotopic (exact) mass is 380 g/mol. The topological polar surface area (TPSA) is 76.2 Å². The first-order chi connectivity index (χ1) is 13.7. The SMILES string of the molecule is CCNC(=NCCn1cnnc1CC)N(C)Cc1cnn(-c2ccccc2)c1. The summed E-state index contributed by atoms with van der Waals surface area (Å²) in [5.74, 6) is 1.86. The van der Waals surface area contributed by atoms with E-state index >= 15 is 0 Å². The fourth-order valence-corrected chi connectivity index (χ4v) is 2.99. The minimum Gasteiger partial charge on any atom is -0.357 e. The average molecular weight is 380 g/mol. The molecule has 0 fully saturated rings. The minimum absolute atomic E-state index is 0.668. The second kappa shape index (κ2) is 9.68. The molecule has 0 saturated carbocycles. The summed E-state index contributed by atoms with van der Waals surface area (Å²) in [7, 11) is 2.04. The van der Waals surface area contributed by atoms with Crippen molar-refractivity contribution in [1.29, 1.82) is 0 Å². The van der Waals surface area contributed by atoms with Gasteiger partial charge in [-0.1, -0.05) is 25.1 Å². The molecule has 1 N–H and O–H groups in total. The number of aromatic nitrogens is 5. The van der Waals surface area contributed by atoms with E-state index < -0.39 is 0 Å². The summed E-state index contributed by atoms with van der Waals surface area (Å²) in [4.78, 5) is 6.87. The van der Waals surface area contributed by atoms with E-state index in [4.69, 9.17) is 4.99 Å². The molecule has 148 valence electrons. The molecule has 8 nitrogen and oxygen atoms in total. The van der Waals surface area contributed by atoms with E-state index in [1.54, 1.807) is 6.33 Å². The Balaban J connectivity index is 1.62. The van der Waals surface area contributed by atoms with E-state index in [1.807, 2.05) is 48.3 Å². The molecule has 0 aliphatic rings. The van der Waals surface area contributed by atoms with Crippen molar-refractivity contribution in [2.24, 2.45) is 4.99 Å². The largest absolute Gasteiger partial charge is 0.357 e. The van der Waals surface area contributed by atoms with Gasteiger partial charge < -0.3 is 14.8 Å². The predicted molar refractivity (Wildman–Crippen MR) is 110 cm³/mol. The van der Waals surface area contributed by atoms with Crippen LogP contribution in [0.15, 0.2) is 54.0 Å². The molecular weight excluding hydrogens is 352 g/mol. The van der Waals surface area contributed by atoms with Gasteiger partial charge in [0.15, 0.2) is 5.96 Å². The van der Waals surface area contributed by atoms with Crippen molar-refractivity contribution in [2.45, 2.75) is 33.4 Å². The second-order valence-corrected chi connectivity index (χ2v) is 6.51. The van der Waals surface area contributed by atoms with Crippen molar-refractivity contribution in [3.05, 3.63) is 60.4 Å². The van der Waals surface area contributed by atoms with Crippen LogP contribution in [0.25, 0.3) is 5.69 Å². The Hall–Kier alpha value is -3.16. The number of hydrogen-bond donors (Lipinski definition) is 1. The average Bonchev–Trinajstić information content (AvgIpc) is 3.37. The van der Waals surface area contributed by atoms with Gasteiger partial charge in [0.2, 0.25) is 0 Å². The standard InChI is InChI=1S/C20H28N8/c1-4-19-25-23-16-27(19)12-11-22-20(21-5-2)26(3)14-17-13-24-28(15-17)18-9-7-6-8-10-18/h6-10,13,15-16H,4-5,11-12,14H2,1-3H3,(H,21,22). The van der Waals surface area contributed by atoms with Gasteiger partial charge >= 0.3 is 0 Å². The molecule has 3 rings (SSSR count). The van der Waals surface area contributed by atoms with Crippen LogP contribution >= 0.6 is 0 Å². The number of benzene rings is 1. The van der Waals surface area contributed by atoms with Gasteiger partial charge in [0, 0.05) is 44.9 Å². The maximum Gasteiger partial charge on any atom is 0.194 e. The van der Waals surface area contributed by atoms with E-state index in [0.29, 0.717) is 6.54 Å². The third-order valence-corrected chi connectivity index (χ3v) is 4.39. The number of nitrogens with one attached hydrogen (secondary N) is 1. The molecule has 2 heterocycles. The van der Waals surface area contributed by atoms with E-state index in [0.717, 1.165) is 49.1 Å². The molecule has 0 aliphatic heterocycles. The normalized spacial score (nSPS) is 11.6. The van der Waals surface area contributed by atoms with E-state index in [1.165, 1.54) is 0 Å². The maximum atomic E-state index is 4.75. The highest BCUT2D eigenvalue weighted by Crippen LogP contribution is 2.09. The van der Waals surface area contributed by atoms with Crippen LogP contribution in [0.1, 0.15) is 25.2 Å². The number of hydrogen-bond acceptors (Lipinski definition) is 4. The Labute approximate surface area is 165 Å². The van der Waals surface area contributed by atoms with Gasteiger partial charge in [0.25, 0.3) is 0 Å². The maximum absolute atomic E-state index is 4.75. The van der Waals surface area contributed by atoms with Crippen molar-refractivity contribution in [3.63, 3.8) is 0 Å². The van der Waals surface area contributed by atoms with Gasteiger partial charge in [-0.25, -0.2) is 4.68 Å². The Bertz CT molecular complexity index is 881. The molecule has 0 amide bonds. The van der Waals surface area contributed by atoms with Gasteiger partial charge in [0.1, 0.15) is 12.2 Å². The quantitative estimate of drug-likeness (QED) is 0.479. The lowest BCUT2D eigenvalue weighted by Gasteiger charge is -2.21. The predicted octanol–water partition coefficient (Wildman–Crippen LogP) is 2.12. The van der Waals surface area contributed by atoms with Gasteiger partial charge in [-0.05, 0) is 19.1 Å². The van der Waals surface area contributed by atoms with Crippen LogP contribution < -0.4 is 5.32 Å². The van der Waals surface area contributed by atoms with Crippen molar-refractivity contribution < 1.29 is 0 Å². The van der Waals surface area contributed by atoms with E-state index in [2.05, 4.69) is 50.1 Å². The van der Waals surface area contributed by atoms with Gasteiger partial charge in [-0.3, -0.25) is 4.99 Å². The first kappa shape index (κ1) is 19.6. The van der Waals surface area contributed by atoms with E-state index in [9.17, 15) is 0 Å². The smallest absolute Gasteiger partial charge is 0.194 e. The van der Waals surface area contributed by atoms with Crippen LogP contribution in [0, 0.1) is 0 Å². The summed E-state index contributed by atoms with van der Waals surface area (Å²) >= 11 is 0. The molecule has 0 spiro atoms. The molecule has 0 saturated heterocycles. The Morgan fingerprint density at radius 2 is 2.04 bits per heavy atom. The van der Waals surface area contributed by atoms with Crippen LogP contribution in [0.5, 0.6) is 0 Å². The molecule has 3 aromatic rings. The highest BCUT2D eigenvalue weighted by atomic mass is 15.3. The molecule has 0 unspecified atom stereocenters. The Kier molecular flexibility index (Phi) is 6.78. The summed E-state index contributed by atoms with van der Waals surface area (Å²) in [5.41, 5.74) is 2.18. The number of rotatable bonds is 8. The van der Waals surface area contributed by atoms with Crippen LogP contribution in [-0.2, 0) is 19.5 Å². The molecular formula is C20H28N8. The third kappa shape index (κ3) is 4.97. The molecule has 28 heavy (non-hydrogen) atoms. The number of aryl methyl sites for hydroxylation is 1. The zero-order valence-corrected chi connectivity index (χ0v) is 16.8. The summed E-state index contributed by atoms with van der Waals surface area (Å²) in [6.07, 6.45) is 6.59. The van der Waals surface area contributed by atoms with Crippen LogP contribution in [0.3, 0.4) is 0 Å². The number of para-hydroxylation sites is 1. The molecule has 0 radical (unpaired) electrons. The molecule has 2 aromatic heterocycles. The summed E-state index contributed by atoms with van der Waals surface area (Å²) in [6, 6.07) is 10.1. The van der Waals surface area contributed by atoms with Crippen LogP contribution in [0.2, 0.25) is 0 Å². The fourth-order valence-electron chi connectivity index (χ4n) is 2.99. The summed E-state index contributed by atoms with van der Waals surface area (Å²) < 4.78 is 3.95. The first-order valence-electron chi connectivity index (χ1n) is 9.66. The van der Waals surface area contributed by atoms with Crippen molar-refractivity contribution in [2.75, 3.05) is 20.1 Å². The number of aliphatic imine (C=N–C) groups is 1. The van der Waals surface area contributed by atoms with Crippen molar-refractivity contribution in [1.82, 2.24) is 34.8 Å². The van der Waals surface area contributed by atoms with E-state index in [-0.39, 0.29) is 0 Å². The van der Waals surface area contributed by atoms with Gasteiger partial charge in [0.05, 0.1) is 18.4 Å². The van der Waals surface area contributed by atoms with Gasteiger partial charge in [-0.2, -0.15) is 5.10 Å². The lowest BCUT2D eigenvalue weighted by atomic mass is 10.3. The third-order valence-electron chi connectivity index (χ3n) is 4.39. The molecule has 0 atom stereocenters. The zero-order valence-electron chi connectivity index (χ0n) is 16.8. The molecule has 8 heteroatoms. The Morgan fingerprint density at radius 3 is 2.79 bits per heavy atom. The molecule has 1 aromatic carbocycles. The first-order valence-corrected chi connectivity index (χ1v) is 9.66. The highest BCUT2D eigenvalue weighted by Gasteiger charge is 2.09. The fraction of sp³-hybridized carbons (Fsp3) is 0.400. The highest BCUT2D eigenvalue weighted by molar-refractivity contribution is 5.79. The lowest BCUT2D eigenvalue weighted by Crippen LogP contribution is -2.38. The van der Waals surface area contributed by atoms with Crippen molar-refractivity contribution >= 4 is 5.96 Å². The minimum atomic E-state index is 0.668. The zero-order chi connectivity index (χ0) is 19.8. The van der Waals surface area contributed by atoms with Crippen molar-refractivity contribution in [3.8, 4) is 5.69 Å². The number of guanidine groups is 1. The van der Waals surface area contributed by atoms with Crippen LogP contribution in [-0.4, -0.2) is 55.5 Å². The number of nitrogens with zero attached hydrogens (tertiary/aromatic N) is 7.